The van der Waals surface area contributed by atoms with Gasteiger partial charge < -0.3 is 9.64 Å². The van der Waals surface area contributed by atoms with Gasteiger partial charge in [-0.05, 0) is 69.7 Å². The molecule has 10 nitrogen and oxygen atoms in total. The second kappa shape index (κ2) is 12.4. The third-order valence-electron chi connectivity index (χ3n) is 7.33. The highest BCUT2D eigenvalue weighted by Gasteiger charge is 2.36. The third-order valence-corrected chi connectivity index (χ3v) is 7.64. The SMILES string of the molecule is Cc1cccc2ccnc(N(C(=O)c3ccc(-c4cn(CCC#N)nn4)cc3Cl)[C@@H]3CCCN(C(=O)OC(C)(C)C)C3)c12. The lowest BCUT2D eigenvalue weighted by molar-refractivity contribution is 0.0196. The molecule has 222 valence electrons. The number of carbonyl (C=O) groups is 2. The Morgan fingerprint density at radius 2 is 2.02 bits per heavy atom. The van der Waals surface area contributed by atoms with Crippen molar-refractivity contribution in [1.82, 2.24) is 24.9 Å². The van der Waals surface area contributed by atoms with Gasteiger partial charge in [-0.25, -0.2) is 9.78 Å². The summed E-state index contributed by atoms with van der Waals surface area (Å²) in [5.74, 6) is 0.214. The molecule has 2 amide bonds. The second-order valence-corrected chi connectivity index (χ2v) is 12.1. The molecule has 2 aromatic heterocycles. The Morgan fingerprint density at radius 1 is 1.21 bits per heavy atom. The van der Waals surface area contributed by atoms with Gasteiger partial charge in [0.15, 0.2) is 0 Å². The molecule has 2 aromatic carbocycles. The van der Waals surface area contributed by atoms with Gasteiger partial charge in [-0.2, -0.15) is 5.26 Å². The van der Waals surface area contributed by atoms with Crippen LogP contribution in [0.3, 0.4) is 0 Å². The smallest absolute Gasteiger partial charge is 0.410 e. The highest BCUT2D eigenvalue weighted by Crippen LogP contribution is 2.34. The predicted molar refractivity (Wildman–Crippen MR) is 165 cm³/mol. The van der Waals surface area contributed by atoms with Crippen LogP contribution >= 0.6 is 11.6 Å². The van der Waals surface area contributed by atoms with Crippen molar-refractivity contribution in [2.24, 2.45) is 0 Å². The van der Waals surface area contributed by atoms with Crippen LogP contribution in [0.1, 0.15) is 56.0 Å². The largest absolute Gasteiger partial charge is 0.444 e. The topological polar surface area (TPSA) is 117 Å². The number of aryl methyl sites for hydroxylation is 2. The van der Waals surface area contributed by atoms with Crippen molar-refractivity contribution < 1.29 is 14.3 Å². The second-order valence-electron chi connectivity index (χ2n) is 11.7. The van der Waals surface area contributed by atoms with Crippen LogP contribution in [0.2, 0.25) is 5.02 Å². The first-order valence-corrected chi connectivity index (χ1v) is 14.7. The maximum atomic E-state index is 14.5. The lowest BCUT2D eigenvalue weighted by Gasteiger charge is -2.39. The molecule has 1 aliphatic heterocycles. The molecule has 5 rings (SSSR count). The Morgan fingerprint density at radius 3 is 2.77 bits per heavy atom. The molecule has 0 aliphatic carbocycles. The average Bonchev–Trinajstić information content (AvgIpc) is 3.45. The minimum atomic E-state index is -0.635. The fraction of sp³-hybridized carbons (Fsp3) is 0.375. The Balaban J connectivity index is 1.53. The van der Waals surface area contributed by atoms with E-state index < -0.39 is 11.7 Å². The van der Waals surface area contributed by atoms with Crippen LogP contribution in [0.25, 0.3) is 22.0 Å². The Bertz CT molecular complexity index is 1700. The summed E-state index contributed by atoms with van der Waals surface area (Å²) in [6.45, 7) is 8.78. The number of nitrogens with zero attached hydrogens (tertiary/aromatic N) is 7. The van der Waals surface area contributed by atoms with Crippen molar-refractivity contribution >= 4 is 40.2 Å². The number of benzene rings is 2. The highest BCUT2D eigenvalue weighted by atomic mass is 35.5. The van der Waals surface area contributed by atoms with Gasteiger partial charge in [-0.1, -0.05) is 41.1 Å². The summed E-state index contributed by atoms with van der Waals surface area (Å²) in [5.41, 5.74) is 1.94. The van der Waals surface area contributed by atoms with Crippen molar-refractivity contribution in [2.45, 2.75) is 65.1 Å². The van der Waals surface area contributed by atoms with Crippen LogP contribution in [0.4, 0.5) is 10.6 Å². The van der Waals surface area contributed by atoms with Gasteiger partial charge in [0, 0.05) is 30.2 Å². The predicted octanol–water partition coefficient (Wildman–Crippen LogP) is 6.42. The van der Waals surface area contributed by atoms with E-state index in [9.17, 15) is 9.59 Å². The fourth-order valence-electron chi connectivity index (χ4n) is 5.35. The van der Waals surface area contributed by atoms with Crippen molar-refractivity contribution in [2.75, 3.05) is 18.0 Å². The number of anilines is 1. The van der Waals surface area contributed by atoms with Crippen LogP contribution in [-0.4, -0.2) is 61.6 Å². The molecule has 1 aliphatic rings. The van der Waals surface area contributed by atoms with Crippen LogP contribution < -0.4 is 4.90 Å². The molecule has 4 aromatic rings. The van der Waals surface area contributed by atoms with E-state index in [1.807, 2.05) is 52.0 Å². The van der Waals surface area contributed by atoms with Gasteiger partial charge in [0.25, 0.3) is 5.91 Å². The monoisotopic (exact) mass is 599 g/mol. The average molecular weight is 600 g/mol. The van der Waals surface area contributed by atoms with Gasteiger partial charge in [-0.15, -0.1) is 5.10 Å². The Kier molecular flexibility index (Phi) is 8.64. The molecular formula is C32H34ClN7O3. The summed E-state index contributed by atoms with van der Waals surface area (Å²) in [4.78, 5) is 35.6. The summed E-state index contributed by atoms with van der Waals surface area (Å²) in [6.07, 6.45) is 4.74. The standard InChI is InChI=1S/C32H34ClN7O3/c1-21-8-5-9-22-13-15-35-29(28(21)22)40(24-10-6-16-38(19-24)31(42)43-32(2,3)4)30(41)25-12-11-23(18-26(25)33)27-20-39(37-36-27)17-7-14-34/h5,8-9,11-13,15,18,20,24H,6-7,10,16-17,19H2,1-4H3/t24-/m1/s1. The lowest BCUT2D eigenvalue weighted by Crippen LogP contribution is -2.53. The van der Waals surface area contributed by atoms with E-state index in [1.54, 1.807) is 45.1 Å². The highest BCUT2D eigenvalue weighted by molar-refractivity contribution is 6.35. The number of carbonyl (C=O) groups excluding carboxylic acids is 2. The molecule has 0 unspecified atom stereocenters. The molecule has 0 saturated carbocycles. The molecule has 11 heteroatoms. The number of rotatable bonds is 6. The lowest BCUT2D eigenvalue weighted by atomic mass is 10.00. The van der Waals surface area contributed by atoms with E-state index >= 15 is 0 Å². The number of ether oxygens (including phenoxy) is 1. The first-order chi connectivity index (χ1) is 20.6. The van der Waals surface area contributed by atoms with Gasteiger partial charge in [0.05, 0.1) is 41.9 Å². The molecule has 0 spiro atoms. The summed E-state index contributed by atoms with van der Waals surface area (Å²) < 4.78 is 7.26. The molecule has 3 heterocycles. The number of fused-ring (bicyclic) bond motifs is 1. The zero-order valence-electron chi connectivity index (χ0n) is 24.7. The van der Waals surface area contributed by atoms with Crippen LogP contribution in [-0.2, 0) is 11.3 Å². The molecule has 0 radical (unpaired) electrons. The van der Waals surface area contributed by atoms with E-state index in [1.165, 1.54) is 0 Å². The van der Waals surface area contributed by atoms with Crippen LogP contribution in [0, 0.1) is 18.3 Å². The van der Waals surface area contributed by atoms with Crippen molar-refractivity contribution in [3.63, 3.8) is 0 Å². The van der Waals surface area contributed by atoms with Crippen molar-refractivity contribution in [3.05, 3.63) is 71.0 Å². The molecule has 0 N–H and O–H groups in total. The first-order valence-electron chi connectivity index (χ1n) is 14.3. The van der Waals surface area contributed by atoms with E-state index in [0.717, 1.165) is 16.3 Å². The van der Waals surface area contributed by atoms with E-state index in [0.29, 0.717) is 61.5 Å². The molecule has 1 atom stereocenters. The van der Waals surface area contributed by atoms with Crippen LogP contribution in [0.5, 0.6) is 0 Å². The maximum absolute atomic E-state index is 14.5. The molecule has 1 saturated heterocycles. The number of nitriles is 1. The minimum Gasteiger partial charge on any atom is -0.444 e. The van der Waals surface area contributed by atoms with E-state index in [2.05, 4.69) is 16.4 Å². The zero-order chi connectivity index (χ0) is 30.7. The van der Waals surface area contributed by atoms with Crippen molar-refractivity contribution in [3.8, 4) is 17.3 Å². The van der Waals surface area contributed by atoms with Crippen LogP contribution in [0.15, 0.2) is 54.9 Å². The van der Waals surface area contributed by atoms with Gasteiger partial charge in [-0.3, -0.25) is 14.4 Å². The number of likely N-dealkylation sites (tertiary alicyclic amines) is 1. The van der Waals surface area contributed by atoms with E-state index in [-0.39, 0.29) is 17.0 Å². The normalized spacial score (nSPS) is 15.3. The third kappa shape index (κ3) is 6.62. The number of aromatic nitrogens is 4. The number of hydrogen-bond acceptors (Lipinski definition) is 7. The maximum Gasteiger partial charge on any atom is 0.410 e. The number of piperidine rings is 1. The fourth-order valence-corrected chi connectivity index (χ4v) is 5.61. The minimum absolute atomic E-state index is 0.260. The Labute approximate surface area is 255 Å². The summed E-state index contributed by atoms with van der Waals surface area (Å²) in [5, 5.41) is 19.2. The first kappa shape index (κ1) is 30.0. The summed E-state index contributed by atoms with van der Waals surface area (Å²) in [7, 11) is 0. The van der Waals surface area contributed by atoms with Gasteiger partial charge >= 0.3 is 6.09 Å². The van der Waals surface area contributed by atoms with Gasteiger partial charge in [0.2, 0.25) is 0 Å². The molecule has 1 fully saturated rings. The molecule has 43 heavy (non-hydrogen) atoms. The Hall–Kier alpha value is -4.49. The molecular weight excluding hydrogens is 566 g/mol. The number of amides is 2. The van der Waals surface area contributed by atoms with Gasteiger partial charge in [0.1, 0.15) is 17.1 Å². The summed E-state index contributed by atoms with van der Waals surface area (Å²) >= 11 is 6.79. The summed E-state index contributed by atoms with van der Waals surface area (Å²) in [6, 6.07) is 14.8. The number of hydrogen-bond donors (Lipinski definition) is 0. The quantitative estimate of drug-likeness (QED) is 0.251. The number of halogens is 1. The van der Waals surface area contributed by atoms with E-state index in [4.69, 9.17) is 26.6 Å². The molecule has 0 bridgehead atoms. The zero-order valence-corrected chi connectivity index (χ0v) is 25.5. The van der Waals surface area contributed by atoms with Crippen molar-refractivity contribution in [1.29, 1.82) is 5.26 Å². The number of pyridine rings is 1.